The minimum absolute atomic E-state index is 0.503. The van der Waals surface area contributed by atoms with E-state index in [2.05, 4.69) is 36.6 Å². The molecule has 1 aliphatic rings. The summed E-state index contributed by atoms with van der Waals surface area (Å²) in [4.78, 5) is 15.4. The summed E-state index contributed by atoms with van der Waals surface area (Å²) >= 11 is 1.69. The van der Waals surface area contributed by atoms with Crippen molar-refractivity contribution in [1.29, 1.82) is 5.26 Å². The molecule has 0 spiro atoms. The van der Waals surface area contributed by atoms with Gasteiger partial charge in [0.15, 0.2) is 0 Å². The van der Waals surface area contributed by atoms with Crippen molar-refractivity contribution in [3.8, 4) is 6.07 Å². The van der Waals surface area contributed by atoms with Crippen LogP contribution in [0.3, 0.4) is 0 Å². The summed E-state index contributed by atoms with van der Waals surface area (Å²) in [5, 5.41) is 14.5. The minimum atomic E-state index is 0.503. The maximum absolute atomic E-state index is 9.13. The number of pyridine rings is 1. The average Bonchev–Trinajstić information content (AvgIpc) is 3.29. The molecule has 3 aromatic rings. The van der Waals surface area contributed by atoms with Crippen LogP contribution in [0, 0.1) is 17.2 Å². The number of thiophene rings is 1. The number of nitrogens with zero attached hydrogens (tertiary/aromatic N) is 5. The van der Waals surface area contributed by atoms with Crippen molar-refractivity contribution in [3.63, 3.8) is 0 Å². The lowest BCUT2D eigenvalue weighted by Gasteiger charge is -2.18. The van der Waals surface area contributed by atoms with Gasteiger partial charge in [-0.1, -0.05) is 0 Å². The van der Waals surface area contributed by atoms with Gasteiger partial charge in [-0.15, -0.1) is 11.3 Å². The molecule has 0 radical (unpaired) electrons. The highest BCUT2D eigenvalue weighted by molar-refractivity contribution is 7.17. The van der Waals surface area contributed by atoms with Gasteiger partial charge in [0.05, 0.1) is 15.8 Å². The predicted molar refractivity (Wildman–Crippen MR) is 95.2 cm³/mol. The van der Waals surface area contributed by atoms with Crippen LogP contribution in [0.1, 0.15) is 12.0 Å². The standard InChI is InChI=1S/C17H16N6S/c18-8-13-2-1-5-19-16(13)20-9-12-3-6-23(10-12)17-15-14(4-7-24-15)21-11-22-17/h1-2,4-5,7,11-12H,3,6,9-10H2,(H,19,20)/t12-/m1/s1. The third-order valence-electron chi connectivity index (χ3n) is 4.30. The fraction of sp³-hybridized carbons (Fsp3) is 0.294. The third kappa shape index (κ3) is 2.76. The predicted octanol–water partition coefficient (Wildman–Crippen LogP) is 2.90. The number of aromatic nitrogens is 3. The lowest BCUT2D eigenvalue weighted by Crippen LogP contribution is -2.23. The SMILES string of the molecule is N#Cc1cccnc1NC[C@H]1CCN(c2ncnc3ccsc23)C1. The number of anilines is 2. The Balaban J connectivity index is 1.44. The van der Waals surface area contributed by atoms with Crippen LogP contribution in [0.4, 0.5) is 11.6 Å². The average molecular weight is 336 g/mol. The maximum Gasteiger partial charge on any atom is 0.150 e. The fourth-order valence-electron chi connectivity index (χ4n) is 3.07. The zero-order valence-electron chi connectivity index (χ0n) is 13.0. The molecule has 1 N–H and O–H groups in total. The molecule has 0 aromatic carbocycles. The molecule has 0 saturated carbocycles. The van der Waals surface area contributed by atoms with Gasteiger partial charge in [-0.25, -0.2) is 15.0 Å². The van der Waals surface area contributed by atoms with Gasteiger partial charge < -0.3 is 10.2 Å². The van der Waals surface area contributed by atoms with E-state index in [-0.39, 0.29) is 0 Å². The van der Waals surface area contributed by atoms with Crippen LogP contribution in [0.2, 0.25) is 0 Å². The summed E-state index contributed by atoms with van der Waals surface area (Å²) in [7, 11) is 0. The quantitative estimate of drug-likeness (QED) is 0.789. The van der Waals surface area contributed by atoms with Crippen LogP contribution in [0.5, 0.6) is 0 Å². The van der Waals surface area contributed by atoms with E-state index in [0.29, 0.717) is 17.3 Å². The highest BCUT2D eigenvalue weighted by atomic mass is 32.1. The van der Waals surface area contributed by atoms with Crippen molar-refractivity contribution < 1.29 is 0 Å². The van der Waals surface area contributed by atoms with Gasteiger partial charge in [0, 0.05) is 25.8 Å². The van der Waals surface area contributed by atoms with E-state index in [1.54, 1.807) is 36.0 Å². The lowest BCUT2D eigenvalue weighted by atomic mass is 10.1. The minimum Gasteiger partial charge on any atom is -0.369 e. The highest BCUT2D eigenvalue weighted by Gasteiger charge is 2.25. The normalized spacial score (nSPS) is 17.1. The molecule has 0 amide bonds. The summed E-state index contributed by atoms with van der Waals surface area (Å²) in [6, 6.07) is 7.77. The number of fused-ring (bicyclic) bond motifs is 1. The Hall–Kier alpha value is -2.72. The van der Waals surface area contributed by atoms with Crippen molar-refractivity contribution >= 4 is 33.2 Å². The summed E-state index contributed by atoms with van der Waals surface area (Å²) < 4.78 is 1.16. The first-order valence-corrected chi connectivity index (χ1v) is 8.75. The van der Waals surface area contributed by atoms with Gasteiger partial charge in [-0.2, -0.15) is 5.26 Å². The van der Waals surface area contributed by atoms with E-state index in [9.17, 15) is 0 Å². The van der Waals surface area contributed by atoms with Gasteiger partial charge in [-0.3, -0.25) is 0 Å². The maximum atomic E-state index is 9.13. The number of hydrogen-bond donors (Lipinski definition) is 1. The number of nitriles is 1. The van der Waals surface area contributed by atoms with Crippen molar-refractivity contribution in [2.24, 2.45) is 5.92 Å². The van der Waals surface area contributed by atoms with Gasteiger partial charge in [-0.05, 0) is 35.9 Å². The second-order valence-corrected chi connectivity index (χ2v) is 6.74. The Bertz CT molecular complexity index is 899. The molecule has 1 atom stereocenters. The monoisotopic (exact) mass is 336 g/mol. The topological polar surface area (TPSA) is 77.7 Å². The molecule has 7 heteroatoms. The van der Waals surface area contributed by atoms with Crippen molar-refractivity contribution in [1.82, 2.24) is 15.0 Å². The first-order chi connectivity index (χ1) is 11.8. The second-order valence-electron chi connectivity index (χ2n) is 5.83. The smallest absolute Gasteiger partial charge is 0.150 e. The molecule has 1 saturated heterocycles. The third-order valence-corrected chi connectivity index (χ3v) is 5.20. The van der Waals surface area contributed by atoms with Crippen molar-refractivity contribution in [3.05, 3.63) is 41.7 Å². The van der Waals surface area contributed by atoms with Crippen LogP contribution < -0.4 is 10.2 Å². The van der Waals surface area contributed by atoms with Crippen molar-refractivity contribution in [2.45, 2.75) is 6.42 Å². The van der Waals surface area contributed by atoms with E-state index in [0.717, 1.165) is 42.1 Å². The van der Waals surface area contributed by atoms with Gasteiger partial charge in [0.1, 0.15) is 24.0 Å². The van der Waals surface area contributed by atoms with E-state index < -0.39 is 0 Å². The van der Waals surface area contributed by atoms with E-state index in [1.165, 1.54) is 0 Å². The second kappa shape index (κ2) is 6.42. The molecular weight excluding hydrogens is 320 g/mol. The summed E-state index contributed by atoms with van der Waals surface area (Å²) in [5.41, 5.74) is 1.60. The molecule has 4 rings (SSSR count). The first-order valence-electron chi connectivity index (χ1n) is 7.87. The molecule has 0 bridgehead atoms. The molecule has 0 unspecified atom stereocenters. The molecule has 3 aromatic heterocycles. The Kier molecular flexibility index (Phi) is 3.97. The largest absolute Gasteiger partial charge is 0.369 e. The molecule has 6 nitrogen and oxygen atoms in total. The van der Waals surface area contributed by atoms with Crippen LogP contribution in [0.25, 0.3) is 10.2 Å². The molecular formula is C17H16N6S. The lowest BCUT2D eigenvalue weighted by molar-refractivity contribution is 0.621. The van der Waals surface area contributed by atoms with Crippen molar-refractivity contribution in [2.75, 3.05) is 29.9 Å². The first kappa shape index (κ1) is 14.8. The molecule has 24 heavy (non-hydrogen) atoms. The summed E-state index contributed by atoms with van der Waals surface area (Å²) in [5.74, 6) is 2.21. The van der Waals surface area contributed by atoms with E-state index in [1.807, 2.05) is 6.07 Å². The van der Waals surface area contributed by atoms with E-state index >= 15 is 0 Å². The van der Waals surface area contributed by atoms with E-state index in [4.69, 9.17) is 5.26 Å². The zero-order chi connectivity index (χ0) is 16.4. The number of rotatable bonds is 4. The van der Waals surface area contributed by atoms with Crippen LogP contribution in [0.15, 0.2) is 36.1 Å². The van der Waals surface area contributed by atoms with Gasteiger partial charge in [0.2, 0.25) is 0 Å². The Morgan fingerprint density at radius 3 is 3.21 bits per heavy atom. The number of hydrogen-bond acceptors (Lipinski definition) is 7. The molecule has 0 aliphatic carbocycles. The van der Waals surface area contributed by atoms with Gasteiger partial charge >= 0.3 is 0 Å². The molecule has 4 heterocycles. The molecule has 1 aliphatic heterocycles. The van der Waals surface area contributed by atoms with Gasteiger partial charge in [0.25, 0.3) is 0 Å². The summed E-state index contributed by atoms with van der Waals surface area (Å²) in [6.07, 6.45) is 4.44. The van der Waals surface area contributed by atoms with Crippen LogP contribution in [-0.2, 0) is 0 Å². The molecule has 120 valence electrons. The fourth-order valence-corrected chi connectivity index (χ4v) is 3.93. The Labute approximate surface area is 143 Å². The number of nitrogens with one attached hydrogen (secondary N) is 1. The molecule has 1 fully saturated rings. The van der Waals surface area contributed by atoms with Crippen LogP contribution >= 0.6 is 11.3 Å². The zero-order valence-corrected chi connectivity index (χ0v) is 13.8. The summed E-state index contributed by atoms with van der Waals surface area (Å²) in [6.45, 7) is 2.75. The van der Waals surface area contributed by atoms with Crippen LogP contribution in [-0.4, -0.2) is 34.6 Å². The highest BCUT2D eigenvalue weighted by Crippen LogP contribution is 2.31. The Morgan fingerprint density at radius 1 is 1.33 bits per heavy atom. The Morgan fingerprint density at radius 2 is 2.29 bits per heavy atom.